The van der Waals surface area contributed by atoms with Gasteiger partial charge in [-0.25, -0.2) is 0 Å². The summed E-state index contributed by atoms with van der Waals surface area (Å²) in [7, 11) is 0. The van der Waals surface area contributed by atoms with Gasteiger partial charge in [0.1, 0.15) is 0 Å². The van der Waals surface area contributed by atoms with Gasteiger partial charge in [0.15, 0.2) is 0 Å². The van der Waals surface area contributed by atoms with E-state index in [1.54, 1.807) is 11.0 Å². The van der Waals surface area contributed by atoms with Crippen LogP contribution in [-0.4, -0.2) is 49.8 Å². The van der Waals surface area contributed by atoms with Crippen LogP contribution in [0.4, 0.5) is 13.2 Å². The van der Waals surface area contributed by atoms with E-state index in [1.165, 1.54) is 6.07 Å². The van der Waals surface area contributed by atoms with E-state index in [2.05, 4.69) is 0 Å². The Morgan fingerprint density at radius 2 is 1.96 bits per heavy atom. The minimum atomic E-state index is -4.35. The van der Waals surface area contributed by atoms with Crippen molar-refractivity contribution in [2.45, 2.75) is 31.5 Å². The Hall–Kier alpha value is -1.60. The maximum absolute atomic E-state index is 12.8. The molecule has 7 heteroatoms. The van der Waals surface area contributed by atoms with E-state index in [-0.39, 0.29) is 17.9 Å². The Balaban J connectivity index is 1.61. The molecule has 0 aliphatic carbocycles. The summed E-state index contributed by atoms with van der Waals surface area (Å²) in [4.78, 5) is 14.4. The number of morpholine rings is 1. The predicted octanol–water partition coefficient (Wildman–Crippen LogP) is 2.90. The molecule has 1 aromatic carbocycles. The summed E-state index contributed by atoms with van der Waals surface area (Å²) in [5, 5.41) is 0. The van der Waals surface area contributed by atoms with Crippen molar-refractivity contribution in [1.29, 1.82) is 0 Å². The lowest BCUT2D eigenvalue weighted by Gasteiger charge is -2.36. The summed E-state index contributed by atoms with van der Waals surface area (Å²) in [6.07, 6.45) is -2.81. The molecule has 0 aromatic heterocycles. The van der Waals surface area contributed by atoms with Crippen LogP contribution < -0.4 is 0 Å². The summed E-state index contributed by atoms with van der Waals surface area (Å²) in [6.45, 7) is 2.59. The summed E-state index contributed by atoms with van der Waals surface area (Å²) >= 11 is 0. The molecule has 0 spiro atoms. The molecule has 2 fully saturated rings. The molecule has 0 radical (unpaired) electrons. The van der Waals surface area contributed by atoms with Gasteiger partial charge in [-0.05, 0) is 24.5 Å². The van der Waals surface area contributed by atoms with Crippen molar-refractivity contribution in [3.05, 3.63) is 35.4 Å². The quantitative estimate of drug-likeness (QED) is 0.835. The fourth-order valence-electron chi connectivity index (χ4n) is 3.38. The Morgan fingerprint density at radius 3 is 2.68 bits per heavy atom. The average molecular weight is 357 g/mol. The molecule has 4 nitrogen and oxygen atoms in total. The first kappa shape index (κ1) is 18.2. The second-order valence-electron chi connectivity index (χ2n) is 6.57. The van der Waals surface area contributed by atoms with Crippen LogP contribution in [0, 0.1) is 5.92 Å². The lowest BCUT2D eigenvalue weighted by Crippen LogP contribution is -2.49. The van der Waals surface area contributed by atoms with E-state index < -0.39 is 11.7 Å². The highest BCUT2D eigenvalue weighted by Crippen LogP contribution is 2.30. The lowest BCUT2D eigenvalue weighted by atomic mass is 9.97. The fraction of sp³-hybridized carbons (Fsp3) is 0.611. The molecule has 2 heterocycles. The van der Waals surface area contributed by atoms with Crippen LogP contribution in [0.15, 0.2) is 24.3 Å². The number of halogens is 3. The molecule has 138 valence electrons. The summed E-state index contributed by atoms with van der Waals surface area (Å²) in [6, 6.07) is 5.29. The molecule has 0 bridgehead atoms. The largest absolute Gasteiger partial charge is 0.416 e. The van der Waals surface area contributed by atoms with Gasteiger partial charge >= 0.3 is 6.18 Å². The van der Waals surface area contributed by atoms with Gasteiger partial charge in [-0.2, -0.15) is 13.2 Å². The van der Waals surface area contributed by atoms with Crippen molar-refractivity contribution >= 4 is 5.91 Å². The Morgan fingerprint density at radius 1 is 1.20 bits per heavy atom. The normalized spacial score (nSPS) is 22.8. The van der Waals surface area contributed by atoms with Gasteiger partial charge in [-0.1, -0.05) is 18.2 Å². The van der Waals surface area contributed by atoms with E-state index >= 15 is 0 Å². The van der Waals surface area contributed by atoms with Crippen molar-refractivity contribution < 1.29 is 27.4 Å². The first-order valence-corrected chi connectivity index (χ1v) is 8.58. The SMILES string of the molecule is O=C(C1CCOCC1)N1CCO[C@H](Cc2cccc(C(F)(F)F)c2)C1. The molecule has 2 aliphatic heterocycles. The third-order valence-electron chi connectivity index (χ3n) is 4.74. The highest BCUT2D eigenvalue weighted by Gasteiger charge is 2.32. The Kier molecular flexibility index (Phi) is 5.64. The van der Waals surface area contributed by atoms with Crippen LogP contribution in [-0.2, 0) is 26.9 Å². The minimum absolute atomic E-state index is 0.0129. The van der Waals surface area contributed by atoms with Gasteiger partial charge in [0.25, 0.3) is 0 Å². The lowest BCUT2D eigenvalue weighted by molar-refractivity contribution is -0.146. The molecule has 0 unspecified atom stereocenters. The van der Waals surface area contributed by atoms with Crippen molar-refractivity contribution in [2.75, 3.05) is 32.9 Å². The molecule has 1 aromatic rings. The molecular formula is C18H22F3NO3. The third-order valence-corrected chi connectivity index (χ3v) is 4.74. The standard InChI is InChI=1S/C18H22F3NO3/c19-18(20,21)15-3-1-2-13(10-15)11-16-12-22(6-9-25-16)17(23)14-4-7-24-8-5-14/h1-3,10,14,16H,4-9,11-12H2/t16-/m1/s1. The zero-order valence-electron chi connectivity index (χ0n) is 13.9. The molecule has 25 heavy (non-hydrogen) atoms. The van der Waals surface area contributed by atoms with Gasteiger partial charge in [0.05, 0.1) is 18.3 Å². The number of carbonyl (C=O) groups is 1. The van der Waals surface area contributed by atoms with Crippen LogP contribution in [0.1, 0.15) is 24.0 Å². The van der Waals surface area contributed by atoms with Gasteiger partial charge in [-0.3, -0.25) is 4.79 Å². The second kappa shape index (κ2) is 7.74. The van der Waals surface area contributed by atoms with Crippen LogP contribution in [0.5, 0.6) is 0 Å². The van der Waals surface area contributed by atoms with E-state index in [4.69, 9.17) is 9.47 Å². The summed E-state index contributed by atoms with van der Waals surface area (Å²) < 4.78 is 49.4. The van der Waals surface area contributed by atoms with E-state index in [1.807, 2.05) is 0 Å². The van der Waals surface area contributed by atoms with Crippen LogP contribution in [0.2, 0.25) is 0 Å². The zero-order valence-corrected chi connectivity index (χ0v) is 13.9. The smallest absolute Gasteiger partial charge is 0.381 e. The monoisotopic (exact) mass is 357 g/mol. The number of hydrogen-bond acceptors (Lipinski definition) is 3. The Bertz CT molecular complexity index is 599. The number of nitrogens with zero attached hydrogens (tertiary/aromatic N) is 1. The number of alkyl halides is 3. The number of rotatable bonds is 3. The van der Waals surface area contributed by atoms with Crippen LogP contribution in [0.25, 0.3) is 0 Å². The number of ether oxygens (including phenoxy) is 2. The van der Waals surface area contributed by atoms with Gasteiger partial charge in [0, 0.05) is 38.6 Å². The highest BCUT2D eigenvalue weighted by atomic mass is 19.4. The number of carbonyl (C=O) groups excluding carboxylic acids is 1. The zero-order chi connectivity index (χ0) is 17.9. The van der Waals surface area contributed by atoms with E-state index in [0.717, 1.165) is 25.0 Å². The van der Waals surface area contributed by atoms with Gasteiger partial charge in [0.2, 0.25) is 5.91 Å². The topological polar surface area (TPSA) is 38.8 Å². The molecule has 3 rings (SSSR count). The number of benzene rings is 1. The number of hydrogen-bond donors (Lipinski definition) is 0. The predicted molar refractivity (Wildman–Crippen MR) is 85.0 cm³/mol. The molecule has 2 aliphatic rings. The average Bonchev–Trinajstić information content (AvgIpc) is 2.61. The van der Waals surface area contributed by atoms with Gasteiger partial charge < -0.3 is 14.4 Å². The summed E-state index contributed by atoms with van der Waals surface area (Å²) in [5.41, 5.74) is -0.0869. The molecule has 1 atom stereocenters. The summed E-state index contributed by atoms with van der Waals surface area (Å²) in [5.74, 6) is 0.0988. The second-order valence-corrected chi connectivity index (χ2v) is 6.57. The van der Waals surface area contributed by atoms with Crippen molar-refractivity contribution in [2.24, 2.45) is 5.92 Å². The van der Waals surface area contributed by atoms with Crippen molar-refractivity contribution in [1.82, 2.24) is 4.90 Å². The van der Waals surface area contributed by atoms with E-state index in [9.17, 15) is 18.0 Å². The third kappa shape index (κ3) is 4.73. The van der Waals surface area contributed by atoms with Crippen LogP contribution >= 0.6 is 0 Å². The van der Waals surface area contributed by atoms with Crippen molar-refractivity contribution in [3.63, 3.8) is 0 Å². The first-order chi connectivity index (χ1) is 11.9. The maximum Gasteiger partial charge on any atom is 0.416 e. The van der Waals surface area contributed by atoms with Crippen LogP contribution in [0.3, 0.4) is 0 Å². The maximum atomic E-state index is 12.8. The number of amides is 1. The van der Waals surface area contributed by atoms with Crippen molar-refractivity contribution in [3.8, 4) is 0 Å². The Labute approximate surface area is 144 Å². The molecule has 0 N–H and O–H groups in total. The van der Waals surface area contributed by atoms with Gasteiger partial charge in [-0.15, -0.1) is 0 Å². The van der Waals surface area contributed by atoms with E-state index in [0.29, 0.717) is 44.9 Å². The molecule has 0 saturated carbocycles. The molecule has 1 amide bonds. The fourth-order valence-corrected chi connectivity index (χ4v) is 3.38. The molecular weight excluding hydrogens is 335 g/mol. The molecule has 2 saturated heterocycles. The first-order valence-electron chi connectivity index (χ1n) is 8.58. The highest BCUT2D eigenvalue weighted by molar-refractivity contribution is 5.79. The minimum Gasteiger partial charge on any atom is -0.381 e.